The highest BCUT2D eigenvalue weighted by Gasteiger charge is 2.26. The van der Waals surface area contributed by atoms with Gasteiger partial charge in [-0.25, -0.2) is 0 Å². The number of nitrogens with zero attached hydrogens (tertiary/aromatic N) is 2. The highest BCUT2D eigenvalue weighted by molar-refractivity contribution is 5.87. The van der Waals surface area contributed by atoms with Gasteiger partial charge in [0.15, 0.2) is 0 Å². The van der Waals surface area contributed by atoms with Crippen molar-refractivity contribution in [3.05, 3.63) is 75.5 Å². The Kier molecular flexibility index (Phi) is 11.0. The molecule has 0 radical (unpaired) electrons. The Morgan fingerprint density at radius 2 is 1.76 bits per heavy atom. The SMILES string of the molecule is Cc1cccc(C(CCN[C@H]2CC[C@H](N)CC2)c2cn(C3CCCCC3)c3ccc([N+](=O)[O-])cc23)c1.Cl.Cl. The van der Waals surface area contributed by atoms with Gasteiger partial charge in [-0.05, 0) is 75.6 Å². The summed E-state index contributed by atoms with van der Waals surface area (Å²) in [5.74, 6) is 0.178. The summed E-state index contributed by atoms with van der Waals surface area (Å²) in [5, 5.41) is 16.5. The topological polar surface area (TPSA) is 86.1 Å². The van der Waals surface area contributed by atoms with E-state index in [0.29, 0.717) is 18.1 Å². The highest BCUT2D eigenvalue weighted by atomic mass is 35.5. The van der Waals surface area contributed by atoms with E-state index < -0.39 is 0 Å². The van der Waals surface area contributed by atoms with Crippen molar-refractivity contribution in [2.24, 2.45) is 5.73 Å². The monoisotopic (exact) mass is 560 g/mol. The van der Waals surface area contributed by atoms with Gasteiger partial charge in [-0.3, -0.25) is 10.1 Å². The number of halogens is 2. The van der Waals surface area contributed by atoms with Crippen molar-refractivity contribution in [3.63, 3.8) is 0 Å². The van der Waals surface area contributed by atoms with Gasteiger partial charge in [0.2, 0.25) is 0 Å². The molecule has 6 nitrogen and oxygen atoms in total. The Labute approximate surface area is 238 Å². The molecule has 1 heterocycles. The van der Waals surface area contributed by atoms with Crippen LogP contribution in [0.3, 0.4) is 0 Å². The fourth-order valence-corrected chi connectivity index (χ4v) is 6.47. The third-order valence-electron chi connectivity index (χ3n) is 8.48. The van der Waals surface area contributed by atoms with Crippen molar-refractivity contribution in [3.8, 4) is 0 Å². The number of fused-ring (bicyclic) bond motifs is 1. The summed E-state index contributed by atoms with van der Waals surface area (Å²) in [6.07, 6.45) is 13.9. The number of nitro groups is 1. The lowest BCUT2D eigenvalue weighted by atomic mass is 9.87. The summed E-state index contributed by atoms with van der Waals surface area (Å²) in [4.78, 5) is 11.4. The van der Waals surface area contributed by atoms with E-state index in [1.54, 1.807) is 6.07 Å². The molecule has 0 aliphatic heterocycles. The molecule has 1 aromatic heterocycles. The van der Waals surface area contributed by atoms with E-state index in [1.165, 1.54) is 48.8 Å². The lowest BCUT2D eigenvalue weighted by molar-refractivity contribution is -0.384. The number of hydrogen-bond acceptors (Lipinski definition) is 4. The second kappa shape index (κ2) is 13.8. The summed E-state index contributed by atoms with van der Waals surface area (Å²) in [5.41, 5.74) is 11.2. The summed E-state index contributed by atoms with van der Waals surface area (Å²) >= 11 is 0. The second-order valence-electron chi connectivity index (χ2n) is 11.1. The summed E-state index contributed by atoms with van der Waals surface area (Å²) in [7, 11) is 0. The summed E-state index contributed by atoms with van der Waals surface area (Å²) < 4.78 is 2.44. The third-order valence-corrected chi connectivity index (χ3v) is 8.48. The molecule has 5 rings (SSSR count). The van der Waals surface area contributed by atoms with Gasteiger partial charge in [0.05, 0.1) is 4.92 Å². The first-order valence-corrected chi connectivity index (χ1v) is 13.8. The van der Waals surface area contributed by atoms with Crippen LogP contribution in [0.4, 0.5) is 5.69 Å². The molecule has 0 amide bonds. The number of benzene rings is 2. The maximum atomic E-state index is 11.7. The van der Waals surface area contributed by atoms with Crippen LogP contribution in [0.2, 0.25) is 0 Å². The molecule has 2 fully saturated rings. The predicted octanol–water partition coefficient (Wildman–Crippen LogP) is 7.59. The van der Waals surface area contributed by atoms with Crippen molar-refractivity contribution in [1.82, 2.24) is 9.88 Å². The summed E-state index contributed by atoms with van der Waals surface area (Å²) in [6.45, 7) is 3.06. The molecular weight excluding hydrogens is 519 g/mol. The number of nitro benzene ring substituents is 1. The van der Waals surface area contributed by atoms with Crippen molar-refractivity contribution < 1.29 is 4.92 Å². The van der Waals surface area contributed by atoms with Crippen LogP contribution >= 0.6 is 24.8 Å². The normalized spacial score (nSPS) is 20.9. The first-order chi connectivity index (χ1) is 17.5. The maximum absolute atomic E-state index is 11.7. The minimum atomic E-state index is -0.266. The van der Waals surface area contributed by atoms with E-state index in [4.69, 9.17) is 5.73 Å². The van der Waals surface area contributed by atoms with Gasteiger partial charge in [0.1, 0.15) is 0 Å². The predicted molar refractivity (Wildman–Crippen MR) is 161 cm³/mol. The smallest absolute Gasteiger partial charge is 0.270 e. The molecule has 0 saturated heterocycles. The molecule has 1 unspecified atom stereocenters. The van der Waals surface area contributed by atoms with Crippen LogP contribution in [-0.4, -0.2) is 28.1 Å². The maximum Gasteiger partial charge on any atom is 0.270 e. The molecule has 0 bridgehead atoms. The number of non-ortho nitro benzene ring substituents is 1. The van der Waals surface area contributed by atoms with Gasteiger partial charge < -0.3 is 15.6 Å². The number of hydrogen-bond donors (Lipinski definition) is 2. The van der Waals surface area contributed by atoms with E-state index >= 15 is 0 Å². The average molecular weight is 562 g/mol. The highest BCUT2D eigenvalue weighted by Crippen LogP contribution is 2.40. The zero-order valence-electron chi connectivity index (χ0n) is 22.3. The second-order valence-corrected chi connectivity index (χ2v) is 11.1. The Bertz CT molecular complexity index is 1200. The standard InChI is InChI=1S/C30H40N4O2.2ClH/c1-21-6-5-7-22(18-21)27(16-17-32-24-12-10-23(31)11-13-24)29-20-33(25-8-3-2-4-9-25)30-15-14-26(34(35)36)19-28(29)30;;/h5-7,14-15,18-20,23-25,27,32H,2-4,8-13,16-17,31H2,1H3;2*1H/t23-,24-,27?;;. The molecule has 3 aromatic rings. The van der Waals surface area contributed by atoms with Crippen LogP contribution in [0, 0.1) is 17.0 Å². The molecule has 0 spiro atoms. The lowest BCUT2D eigenvalue weighted by Gasteiger charge is -2.28. The van der Waals surface area contributed by atoms with E-state index in [0.717, 1.165) is 49.6 Å². The van der Waals surface area contributed by atoms with Gasteiger partial charge in [-0.2, -0.15) is 0 Å². The minimum absolute atomic E-state index is 0. The Morgan fingerprint density at radius 1 is 1.03 bits per heavy atom. The fourth-order valence-electron chi connectivity index (χ4n) is 6.47. The first-order valence-electron chi connectivity index (χ1n) is 13.8. The third kappa shape index (κ3) is 6.90. The van der Waals surface area contributed by atoms with Crippen LogP contribution in [-0.2, 0) is 0 Å². The number of nitrogens with two attached hydrogens (primary N) is 1. The molecule has 2 aromatic carbocycles. The van der Waals surface area contributed by atoms with Crippen LogP contribution in [0.5, 0.6) is 0 Å². The van der Waals surface area contributed by atoms with E-state index in [2.05, 4.69) is 47.3 Å². The summed E-state index contributed by atoms with van der Waals surface area (Å²) in [6, 6.07) is 15.6. The quantitative estimate of drug-likeness (QED) is 0.219. The van der Waals surface area contributed by atoms with Crippen LogP contribution in [0.15, 0.2) is 48.7 Å². The van der Waals surface area contributed by atoms with E-state index in [1.807, 2.05) is 12.1 Å². The number of aryl methyl sites for hydroxylation is 1. The Morgan fingerprint density at radius 3 is 2.45 bits per heavy atom. The van der Waals surface area contributed by atoms with Gasteiger partial charge in [0, 0.05) is 53.3 Å². The molecule has 208 valence electrons. The molecule has 2 saturated carbocycles. The molecular formula is C30H42Cl2N4O2. The number of nitrogens with one attached hydrogen (secondary N) is 1. The van der Waals surface area contributed by atoms with E-state index in [9.17, 15) is 10.1 Å². The van der Waals surface area contributed by atoms with Gasteiger partial charge in [-0.1, -0.05) is 49.1 Å². The molecule has 2 aliphatic carbocycles. The minimum Gasteiger partial charge on any atom is -0.344 e. The van der Waals surface area contributed by atoms with E-state index in [-0.39, 0.29) is 41.3 Å². The van der Waals surface area contributed by atoms with Crippen LogP contribution < -0.4 is 11.1 Å². The average Bonchev–Trinajstić information content (AvgIpc) is 3.27. The number of rotatable bonds is 8. The molecule has 8 heteroatoms. The molecule has 38 heavy (non-hydrogen) atoms. The molecule has 3 N–H and O–H groups in total. The molecule has 2 aliphatic rings. The van der Waals surface area contributed by atoms with Crippen molar-refractivity contribution in [2.75, 3.05) is 6.54 Å². The van der Waals surface area contributed by atoms with Crippen molar-refractivity contribution >= 4 is 41.4 Å². The zero-order valence-corrected chi connectivity index (χ0v) is 23.9. The Hall–Kier alpha value is -2.12. The van der Waals surface area contributed by atoms with Crippen LogP contribution in [0.1, 0.15) is 92.9 Å². The van der Waals surface area contributed by atoms with Gasteiger partial charge in [0.25, 0.3) is 5.69 Å². The molecule has 1 atom stereocenters. The lowest BCUT2D eigenvalue weighted by Crippen LogP contribution is -2.38. The zero-order chi connectivity index (χ0) is 25.1. The van der Waals surface area contributed by atoms with Gasteiger partial charge >= 0.3 is 0 Å². The van der Waals surface area contributed by atoms with Crippen molar-refractivity contribution in [1.29, 1.82) is 0 Å². The largest absolute Gasteiger partial charge is 0.344 e. The Balaban J connectivity index is 0.00000200. The van der Waals surface area contributed by atoms with Crippen LogP contribution in [0.25, 0.3) is 10.9 Å². The fraction of sp³-hybridized carbons (Fsp3) is 0.533. The number of aromatic nitrogens is 1. The van der Waals surface area contributed by atoms with Crippen molar-refractivity contribution in [2.45, 2.75) is 95.2 Å². The first kappa shape index (κ1) is 30.4. The van der Waals surface area contributed by atoms with Gasteiger partial charge in [-0.15, -0.1) is 24.8 Å².